The lowest BCUT2D eigenvalue weighted by atomic mass is 9.98. The van der Waals surface area contributed by atoms with E-state index in [4.69, 9.17) is 9.97 Å². The van der Waals surface area contributed by atoms with E-state index in [1.807, 2.05) is 36.2 Å². The van der Waals surface area contributed by atoms with Gasteiger partial charge in [-0.05, 0) is 43.0 Å². The molecule has 0 unspecified atom stereocenters. The first kappa shape index (κ1) is 21.1. The summed E-state index contributed by atoms with van der Waals surface area (Å²) in [5.41, 5.74) is 2.28. The van der Waals surface area contributed by atoms with Gasteiger partial charge in [0.2, 0.25) is 0 Å². The molecule has 0 atom stereocenters. The van der Waals surface area contributed by atoms with Crippen LogP contribution in [0.25, 0.3) is 11.0 Å². The summed E-state index contributed by atoms with van der Waals surface area (Å²) < 4.78 is 0. The number of nitro benzene ring substituents is 1. The number of piperidine rings is 1. The smallest absolute Gasteiger partial charge is 0.293 e. The summed E-state index contributed by atoms with van der Waals surface area (Å²) >= 11 is 0. The first-order valence-electron chi connectivity index (χ1n) is 11.3. The maximum Gasteiger partial charge on any atom is 0.293 e. The molecule has 3 aromatic rings. The molecular formula is C24H26N6O3. The zero-order valence-corrected chi connectivity index (χ0v) is 18.8. The molecule has 2 aliphatic heterocycles. The third kappa shape index (κ3) is 3.83. The minimum atomic E-state index is -0.393. The average Bonchev–Trinajstić information content (AvgIpc) is 2.83. The van der Waals surface area contributed by atoms with Crippen LogP contribution in [0.5, 0.6) is 0 Å². The Morgan fingerprint density at radius 2 is 1.67 bits per heavy atom. The summed E-state index contributed by atoms with van der Waals surface area (Å²) in [5, 5.41) is 11.9. The van der Waals surface area contributed by atoms with Crippen molar-refractivity contribution in [2.45, 2.75) is 19.8 Å². The quantitative estimate of drug-likeness (QED) is 0.445. The Labute approximate surface area is 191 Å². The molecule has 0 radical (unpaired) electrons. The maximum absolute atomic E-state index is 13.5. The molecule has 0 N–H and O–H groups in total. The molecule has 170 valence electrons. The van der Waals surface area contributed by atoms with Crippen LogP contribution in [0, 0.1) is 16.0 Å². The third-order valence-corrected chi connectivity index (χ3v) is 6.60. The highest BCUT2D eigenvalue weighted by atomic mass is 16.6. The predicted octanol–water partition coefficient (Wildman–Crippen LogP) is 3.87. The number of carbonyl (C=O) groups excluding carboxylic acids is 1. The van der Waals surface area contributed by atoms with Crippen molar-refractivity contribution in [3.63, 3.8) is 0 Å². The van der Waals surface area contributed by atoms with Crippen molar-refractivity contribution < 1.29 is 9.72 Å². The SMILES string of the molecule is CC1CCN(c2ccc(C(=O)N3CCN(C)c4nc5ccccc5nc43)cc2[N+](=O)[O-])CC1. The monoisotopic (exact) mass is 446 g/mol. The van der Waals surface area contributed by atoms with E-state index in [1.54, 1.807) is 17.0 Å². The lowest BCUT2D eigenvalue weighted by molar-refractivity contribution is -0.384. The molecule has 0 aliphatic carbocycles. The minimum absolute atomic E-state index is 0.0330. The fraction of sp³-hybridized carbons (Fsp3) is 0.375. The van der Waals surface area contributed by atoms with Crippen molar-refractivity contribution in [3.8, 4) is 0 Å². The van der Waals surface area contributed by atoms with Gasteiger partial charge in [-0.1, -0.05) is 19.1 Å². The molecule has 1 aromatic heterocycles. The Kier molecular flexibility index (Phi) is 5.32. The zero-order valence-electron chi connectivity index (χ0n) is 18.8. The zero-order chi connectivity index (χ0) is 23.1. The van der Waals surface area contributed by atoms with Crippen molar-refractivity contribution in [2.75, 3.05) is 47.9 Å². The molecule has 9 heteroatoms. The van der Waals surface area contributed by atoms with Gasteiger partial charge in [0.25, 0.3) is 11.6 Å². The summed E-state index contributed by atoms with van der Waals surface area (Å²) in [7, 11) is 1.92. The van der Waals surface area contributed by atoms with Crippen molar-refractivity contribution in [2.24, 2.45) is 5.92 Å². The fourth-order valence-corrected chi connectivity index (χ4v) is 4.55. The van der Waals surface area contributed by atoms with Gasteiger partial charge in [-0.2, -0.15) is 0 Å². The second-order valence-corrected chi connectivity index (χ2v) is 8.87. The van der Waals surface area contributed by atoms with E-state index in [0.29, 0.717) is 41.8 Å². The number of nitrogens with zero attached hydrogens (tertiary/aromatic N) is 6. The Morgan fingerprint density at radius 3 is 2.33 bits per heavy atom. The molecule has 9 nitrogen and oxygen atoms in total. The van der Waals surface area contributed by atoms with E-state index in [9.17, 15) is 14.9 Å². The Morgan fingerprint density at radius 1 is 1.00 bits per heavy atom. The molecule has 2 aromatic carbocycles. The second kappa shape index (κ2) is 8.31. The number of anilines is 3. The number of amides is 1. The summed E-state index contributed by atoms with van der Waals surface area (Å²) in [6.07, 6.45) is 2.01. The largest absolute Gasteiger partial charge is 0.366 e. The van der Waals surface area contributed by atoms with E-state index in [1.165, 1.54) is 6.07 Å². The van der Waals surface area contributed by atoms with Crippen LogP contribution < -0.4 is 14.7 Å². The van der Waals surface area contributed by atoms with Gasteiger partial charge in [-0.3, -0.25) is 19.8 Å². The van der Waals surface area contributed by atoms with E-state index in [0.717, 1.165) is 31.4 Å². The summed E-state index contributed by atoms with van der Waals surface area (Å²) in [6.45, 7) is 4.79. The van der Waals surface area contributed by atoms with E-state index < -0.39 is 4.92 Å². The predicted molar refractivity (Wildman–Crippen MR) is 128 cm³/mol. The summed E-state index contributed by atoms with van der Waals surface area (Å²) in [6, 6.07) is 12.3. The molecule has 0 spiro atoms. The van der Waals surface area contributed by atoms with Crippen LogP contribution in [0.15, 0.2) is 42.5 Å². The number of para-hydroxylation sites is 2. The van der Waals surface area contributed by atoms with E-state index in [-0.39, 0.29) is 17.2 Å². The molecule has 33 heavy (non-hydrogen) atoms. The van der Waals surface area contributed by atoms with Gasteiger partial charge in [0.15, 0.2) is 11.6 Å². The molecule has 1 amide bonds. The van der Waals surface area contributed by atoms with E-state index in [2.05, 4.69) is 11.8 Å². The summed E-state index contributed by atoms with van der Waals surface area (Å²) in [5.74, 6) is 1.41. The van der Waals surface area contributed by atoms with Crippen molar-refractivity contribution in [3.05, 3.63) is 58.1 Å². The molecule has 0 saturated carbocycles. The highest BCUT2D eigenvalue weighted by Crippen LogP contribution is 2.35. The van der Waals surface area contributed by atoms with Crippen LogP contribution in [0.3, 0.4) is 0 Å². The number of rotatable bonds is 3. The highest BCUT2D eigenvalue weighted by Gasteiger charge is 2.31. The van der Waals surface area contributed by atoms with Gasteiger partial charge in [0.05, 0.1) is 16.0 Å². The first-order valence-corrected chi connectivity index (χ1v) is 11.3. The fourth-order valence-electron chi connectivity index (χ4n) is 4.55. The second-order valence-electron chi connectivity index (χ2n) is 8.87. The lowest BCUT2D eigenvalue weighted by Crippen LogP contribution is -2.43. The van der Waals surface area contributed by atoms with Crippen LogP contribution in [-0.4, -0.2) is 54.0 Å². The summed E-state index contributed by atoms with van der Waals surface area (Å²) in [4.78, 5) is 40.0. The van der Waals surface area contributed by atoms with E-state index >= 15 is 0 Å². The number of hydrogen-bond acceptors (Lipinski definition) is 7. The number of likely N-dealkylation sites (N-methyl/N-ethyl adjacent to an activating group) is 1. The van der Waals surface area contributed by atoms with Crippen molar-refractivity contribution in [1.82, 2.24) is 9.97 Å². The molecule has 1 saturated heterocycles. The Hall–Kier alpha value is -3.75. The average molecular weight is 447 g/mol. The molecular weight excluding hydrogens is 420 g/mol. The normalized spacial score (nSPS) is 16.7. The number of fused-ring (bicyclic) bond motifs is 2. The molecule has 2 aliphatic rings. The highest BCUT2D eigenvalue weighted by molar-refractivity contribution is 6.08. The van der Waals surface area contributed by atoms with Crippen LogP contribution in [-0.2, 0) is 0 Å². The minimum Gasteiger partial charge on any atom is -0.366 e. The topological polar surface area (TPSA) is 95.7 Å². The van der Waals surface area contributed by atoms with Gasteiger partial charge >= 0.3 is 0 Å². The number of nitro groups is 1. The van der Waals surface area contributed by atoms with Crippen LogP contribution in [0.1, 0.15) is 30.1 Å². The van der Waals surface area contributed by atoms with Gasteiger partial charge in [0.1, 0.15) is 5.69 Å². The number of carbonyl (C=O) groups is 1. The van der Waals surface area contributed by atoms with Gasteiger partial charge < -0.3 is 9.80 Å². The number of hydrogen-bond donors (Lipinski definition) is 0. The molecule has 5 rings (SSSR count). The number of benzene rings is 2. The number of aromatic nitrogens is 2. The van der Waals surface area contributed by atoms with Crippen LogP contribution in [0.2, 0.25) is 0 Å². The van der Waals surface area contributed by atoms with Gasteiger partial charge in [-0.15, -0.1) is 0 Å². The van der Waals surface area contributed by atoms with Gasteiger partial charge in [0, 0.05) is 44.9 Å². The first-order chi connectivity index (χ1) is 15.9. The standard InChI is InChI=1S/C24H26N6O3/c1-16-9-11-28(12-10-16)20-8-7-17(15-21(20)30(32)33)24(31)29-14-13-27(2)22-23(29)26-19-6-4-3-5-18(19)25-22/h3-8,15-16H,9-14H2,1-2H3. The third-order valence-electron chi connectivity index (χ3n) is 6.60. The Bertz CT molecular complexity index is 1240. The van der Waals surface area contributed by atoms with Crippen LogP contribution >= 0.6 is 0 Å². The van der Waals surface area contributed by atoms with Crippen LogP contribution in [0.4, 0.5) is 23.0 Å². The molecule has 1 fully saturated rings. The molecule has 0 bridgehead atoms. The molecule has 3 heterocycles. The van der Waals surface area contributed by atoms with Gasteiger partial charge in [-0.25, -0.2) is 9.97 Å². The van der Waals surface area contributed by atoms with Crippen molar-refractivity contribution in [1.29, 1.82) is 0 Å². The Balaban J connectivity index is 1.51. The van der Waals surface area contributed by atoms with Crippen molar-refractivity contribution >= 4 is 40.0 Å². The lowest BCUT2D eigenvalue weighted by Gasteiger charge is -2.34. The maximum atomic E-state index is 13.5.